The second-order valence-corrected chi connectivity index (χ2v) is 6.19. The molecule has 2 aliphatic heterocycles. The predicted octanol–water partition coefficient (Wildman–Crippen LogP) is 1.71. The van der Waals surface area contributed by atoms with Crippen LogP contribution >= 0.6 is 0 Å². The topological polar surface area (TPSA) is 111 Å². The molecule has 0 atom stereocenters. The molecule has 0 radical (unpaired) electrons. The van der Waals surface area contributed by atoms with Gasteiger partial charge in [0.15, 0.2) is 11.5 Å². The Bertz CT molecular complexity index is 945. The van der Waals surface area contributed by atoms with Crippen LogP contribution in [0.1, 0.15) is 27.2 Å². The van der Waals surface area contributed by atoms with Gasteiger partial charge in [0.2, 0.25) is 5.88 Å². The number of nitrogens with one attached hydrogen (secondary N) is 1. The summed E-state index contributed by atoms with van der Waals surface area (Å²) in [4.78, 5) is 23.4. The third-order valence-electron chi connectivity index (χ3n) is 4.44. The molecule has 8 nitrogen and oxygen atoms in total. The number of aromatic hydroxyl groups is 2. The molecule has 26 heavy (non-hydrogen) atoms. The Hall–Kier alpha value is -3.29. The van der Waals surface area contributed by atoms with Gasteiger partial charge < -0.3 is 24.8 Å². The fourth-order valence-electron chi connectivity index (χ4n) is 3.15. The molecule has 3 N–H and O–H groups in total. The van der Waals surface area contributed by atoms with Gasteiger partial charge in [-0.15, -0.1) is 0 Å². The highest BCUT2D eigenvalue weighted by atomic mass is 16.4. The normalized spacial score (nSPS) is 14.8. The van der Waals surface area contributed by atoms with Crippen LogP contribution in [0.3, 0.4) is 0 Å². The largest absolute Gasteiger partial charge is 0.504 e. The Morgan fingerprint density at radius 3 is 3.00 bits per heavy atom. The number of carbonyl (C=O) groups excluding carboxylic acids is 1. The summed E-state index contributed by atoms with van der Waals surface area (Å²) in [6, 6.07) is 4.60. The van der Waals surface area contributed by atoms with E-state index in [0.29, 0.717) is 42.3 Å². The summed E-state index contributed by atoms with van der Waals surface area (Å²) in [5, 5.41) is 21.7. The van der Waals surface area contributed by atoms with E-state index >= 15 is 0 Å². The van der Waals surface area contributed by atoms with E-state index in [1.54, 1.807) is 19.3 Å². The van der Waals surface area contributed by atoms with Crippen molar-refractivity contribution in [2.24, 2.45) is 9.98 Å². The molecule has 0 aliphatic carbocycles. The number of furan rings is 1. The van der Waals surface area contributed by atoms with E-state index in [1.165, 1.54) is 12.1 Å². The van der Waals surface area contributed by atoms with Crippen LogP contribution in [-0.4, -0.2) is 52.8 Å². The van der Waals surface area contributed by atoms with Gasteiger partial charge in [-0.1, -0.05) is 6.07 Å². The number of aryl methyl sites for hydroxylation is 1. The fraction of sp³-hybridized carbons (Fsp3) is 0.278. The van der Waals surface area contributed by atoms with Gasteiger partial charge in [0.25, 0.3) is 5.91 Å². The summed E-state index contributed by atoms with van der Waals surface area (Å²) in [7, 11) is 0. The number of aliphatic imine (C=N–C) groups is 2. The average molecular weight is 354 g/mol. The number of hydrogen-bond donors (Lipinski definition) is 3. The highest BCUT2D eigenvalue weighted by molar-refractivity contribution is 6.17. The minimum atomic E-state index is -0.248. The number of amides is 1. The van der Waals surface area contributed by atoms with E-state index in [1.807, 2.05) is 4.90 Å². The molecule has 1 aromatic carbocycles. The van der Waals surface area contributed by atoms with Crippen molar-refractivity contribution in [2.45, 2.75) is 13.3 Å². The second-order valence-electron chi connectivity index (χ2n) is 6.19. The van der Waals surface area contributed by atoms with E-state index in [-0.39, 0.29) is 17.4 Å². The van der Waals surface area contributed by atoms with Crippen molar-refractivity contribution in [1.82, 2.24) is 10.2 Å². The first kappa shape index (κ1) is 16.2. The third kappa shape index (κ3) is 2.69. The lowest BCUT2D eigenvalue weighted by atomic mass is 10.1. The van der Waals surface area contributed by atoms with Gasteiger partial charge in [0.05, 0.1) is 17.7 Å². The first-order valence-electron chi connectivity index (χ1n) is 8.32. The van der Waals surface area contributed by atoms with Crippen molar-refractivity contribution >= 4 is 24.0 Å². The number of hydrogen-bond acceptors (Lipinski definition) is 7. The summed E-state index contributed by atoms with van der Waals surface area (Å²) >= 11 is 0. The Morgan fingerprint density at radius 1 is 1.35 bits per heavy atom. The van der Waals surface area contributed by atoms with Crippen LogP contribution in [0.15, 0.2) is 32.6 Å². The maximum atomic E-state index is 12.7. The van der Waals surface area contributed by atoms with Gasteiger partial charge in [-0.3, -0.25) is 9.79 Å². The second kappa shape index (κ2) is 6.21. The first-order chi connectivity index (χ1) is 12.5. The predicted molar refractivity (Wildman–Crippen MR) is 95.5 cm³/mol. The molecule has 3 heterocycles. The first-order valence-corrected chi connectivity index (χ1v) is 8.32. The molecule has 0 saturated carbocycles. The van der Waals surface area contributed by atoms with Gasteiger partial charge >= 0.3 is 0 Å². The molecular formula is C18H18N4O4. The van der Waals surface area contributed by atoms with Crippen LogP contribution in [0.2, 0.25) is 0 Å². The Balaban J connectivity index is 1.50. The van der Waals surface area contributed by atoms with Crippen molar-refractivity contribution in [3.63, 3.8) is 0 Å². The number of fused-ring (bicyclic) bond motifs is 3. The van der Waals surface area contributed by atoms with Gasteiger partial charge in [-0.2, -0.15) is 0 Å². The quantitative estimate of drug-likeness (QED) is 0.724. The van der Waals surface area contributed by atoms with Crippen molar-refractivity contribution < 1.29 is 19.4 Å². The summed E-state index contributed by atoms with van der Waals surface area (Å²) in [6.45, 7) is 3.52. The van der Waals surface area contributed by atoms with Gasteiger partial charge in [0, 0.05) is 13.1 Å². The Kier molecular flexibility index (Phi) is 3.87. The molecule has 4 rings (SSSR count). The fourth-order valence-corrected chi connectivity index (χ4v) is 3.15. The van der Waals surface area contributed by atoms with Gasteiger partial charge in [0.1, 0.15) is 17.9 Å². The van der Waals surface area contributed by atoms with Crippen LogP contribution in [0.4, 0.5) is 5.88 Å². The smallest absolute Gasteiger partial charge is 0.255 e. The standard InChI is InChI=1S/C18H18N4O4/c1-10-14(15-16-19-6-7-22(16)9-21-18(15)26-10)17(25)20-5-4-11-2-3-12(23)13(24)8-11/h2-3,8-9,23-24H,4-7H2,1H3,(H,20,25). The SMILES string of the molecule is Cc1oc2c(c1C(=O)NCCc1ccc(O)c(O)c1)C1=NCCN1C=N2. The van der Waals surface area contributed by atoms with Crippen LogP contribution in [0.5, 0.6) is 11.5 Å². The molecule has 0 spiro atoms. The van der Waals surface area contributed by atoms with Crippen molar-refractivity contribution in [3.8, 4) is 11.5 Å². The summed E-state index contributed by atoms with van der Waals surface area (Å²) in [5.41, 5.74) is 1.90. The number of amidine groups is 1. The average Bonchev–Trinajstić information content (AvgIpc) is 3.20. The van der Waals surface area contributed by atoms with Crippen molar-refractivity contribution in [2.75, 3.05) is 19.6 Å². The van der Waals surface area contributed by atoms with Gasteiger partial charge in [-0.25, -0.2) is 4.99 Å². The zero-order valence-corrected chi connectivity index (χ0v) is 14.2. The molecule has 2 aromatic rings. The lowest BCUT2D eigenvalue weighted by Crippen LogP contribution is -2.32. The van der Waals surface area contributed by atoms with Crippen molar-refractivity contribution in [3.05, 3.63) is 40.6 Å². The summed E-state index contributed by atoms with van der Waals surface area (Å²) < 4.78 is 5.63. The number of nitrogens with zero attached hydrogens (tertiary/aromatic N) is 3. The molecule has 0 bridgehead atoms. The van der Waals surface area contributed by atoms with Crippen LogP contribution in [0, 0.1) is 6.92 Å². The molecule has 134 valence electrons. The highest BCUT2D eigenvalue weighted by Crippen LogP contribution is 2.34. The molecule has 1 aromatic heterocycles. The zero-order chi connectivity index (χ0) is 18.3. The summed E-state index contributed by atoms with van der Waals surface area (Å²) in [6.07, 6.45) is 2.19. The Labute approximate surface area is 149 Å². The Morgan fingerprint density at radius 2 is 2.19 bits per heavy atom. The summed E-state index contributed by atoms with van der Waals surface area (Å²) in [5.74, 6) is 1.05. The minimum Gasteiger partial charge on any atom is -0.504 e. The van der Waals surface area contributed by atoms with E-state index in [9.17, 15) is 15.0 Å². The molecule has 1 amide bonds. The maximum absolute atomic E-state index is 12.7. The molecule has 0 fully saturated rings. The minimum absolute atomic E-state index is 0.166. The van der Waals surface area contributed by atoms with Crippen LogP contribution in [-0.2, 0) is 6.42 Å². The zero-order valence-electron chi connectivity index (χ0n) is 14.2. The van der Waals surface area contributed by atoms with E-state index in [2.05, 4.69) is 15.3 Å². The number of phenols is 2. The number of phenolic OH excluding ortho intramolecular Hbond substituents is 2. The van der Waals surface area contributed by atoms with Crippen molar-refractivity contribution in [1.29, 1.82) is 0 Å². The third-order valence-corrected chi connectivity index (χ3v) is 4.44. The number of benzene rings is 1. The maximum Gasteiger partial charge on any atom is 0.255 e. The van der Waals surface area contributed by atoms with E-state index in [0.717, 1.165) is 17.9 Å². The number of carbonyl (C=O) groups is 1. The molecule has 0 saturated heterocycles. The van der Waals surface area contributed by atoms with Crippen LogP contribution < -0.4 is 5.32 Å². The highest BCUT2D eigenvalue weighted by Gasteiger charge is 2.33. The van der Waals surface area contributed by atoms with E-state index < -0.39 is 0 Å². The molecule has 0 unspecified atom stereocenters. The lowest BCUT2D eigenvalue weighted by Gasteiger charge is -2.18. The molecule has 2 aliphatic rings. The number of rotatable bonds is 4. The molecular weight excluding hydrogens is 336 g/mol. The van der Waals surface area contributed by atoms with Gasteiger partial charge in [-0.05, 0) is 31.0 Å². The van der Waals surface area contributed by atoms with Crippen LogP contribution in [0.25, 0.3) is 0 Å². The van der Waals surface area contributed by atoms with E-state index in [4.69, 9.17) is 4.42 Å². The monoisotopic (exact) mass is 354 g/mol. The molecule has 8 heteroatoms. The lowest BCUT2D eigenvalue weighted by molar-refractivity contribution is 0.0952.